The third-order valence-electron chi connectivity index (χ3n) is 26.9. The van der Waals surface area contributed by atoms with Gasteiger partial charge in [-0.25, -0.2) is 39.9 Å². The molecule has 13 heterocycles. The van der Waals surface area contributed by atoms with Crippen molar-refractivity contribution >= 4 is 127 Å². The van der Waals surface area contributed by atoms with E-state index >= 15 is 0 Å². The summed E-state index contributed by atoms with van der Waals surface area (Å²) in [6.07, 6.45) is 30.0. The van der Waals surface area contributed by atoms with E-state index < -0.39 is 46.1 Å². The molecule has 0 aromatic carbocycles. The van der Waals surface area contributed by atoms with Crippen LogP contribution in [0.15, 0.2) is 49.1 Å². The smallest absolute Gasteiger partial charge is 0.335 e. The first kappa shape index (κ1) is 105. The molecule has 138 heavy (non-hydrogen) atoms. The van der Waals surface area contributed by atoms with E-state index in [2.05, 4.69) is 109 Å². The minimum Gasteiger partial charge on any atom is -0.389 e. The van der Waals surface area contributed by atoms with Crippen molar-refractivity contribution in [3.63, 3.8) is 0 Å². The lowest BCUT2D eigenvalue weighted by Gasteiger charge is -2.39. The Hall–Kier alpha value is -10.3. The molecule has 8 aromatic rings. The number of ether oxygens (including phenoxy) is 1. The fraction of sp³-hybridized carbons (Fsp3) is 0.596. The molecule has 9 fully saturated rings. The molecule has 746 valence electrons. The van der Waals surface area contributed by atoms with Crippen molar-refractivity contribution in [2.45, 2.75) is 316 Å². The van der Waals surface area contributed by atoms with Crippen LogP contribution in [-0.4, -0.2) is 260 Å². The molecule has 0 radical (unpaired) electrons. The van der Waals surface area contributed by atoms with E-state index in [0.29, 0.717) is 74.4 Å². The zero-order valence-corrected chi connectivity index (χ0v) is 86.4. The number of nitrogens with one attached hydrogen (secondary N) is 8. The Kier molecular flexibility index (Phi) is 35.0. The standard InChI is InChI=1S/C26H35N5O2S.C25H33N5O4S.C25H35N5O3S.C23H33N5O3S.O2S/c1-15-11-19(12-15)29-24(32)25-30-22(26(33)31-10-6-7-17(31)3)23(34-25)20-14-27-21(13-16(20)2)28-18-8-4-5-9-18;1-15-10-19(28-17-7-3-4-8-17)26-11-18(15)21-20(24(32)30-9-5-6-16(30)2)29-23(35-21)22(31)27-12-25(33)13-34-14-25;1-15-12-18(29-25(5)9-7-10-25)26-13-17(15)20-19(23(32)30-11-6-8-16(30)2)28-22(34-20)21(31)27-14-24(3,4)33;1-13(2)26-17-10-14(3)16(11-24-17)19-18(22(30)28-9-7-8-15(28)4)27-21(32-19)20(29)25-12-23(5,6)31;1-3-2/h13-15,17-19H,4-12H2,1-3H3,(H,27,28)(H,29,32);10-11,16-17,33H,3-9,12-14H2,1-2H3,(H,26,28)(H,27,31);12-13,16,33H,6-11,14H2,1-5H3,(H,26,29)(H,27,31);10-11,13,15,31H,7-9,12H2,1-6H3,(H,24,26)(H,25,29);/t15?,17-,19?;2*16-;15-;/m0000./s1. The Morgan fingerprint density at radius 2 is 0.768 bits per heavy atom. The summed E-state index contributed by atoms with van der Waals surface area (Å²) in [7, 11) is 0. The van der Waals surface area contributed by atoms with Crippen molar-refractivity contribution in [3.8, 4) is 41.8 Å². The zero-order valence-electron chi connectivity index (χ0n) is 82.3. The molecule has 4 saturated carbocycles. The number of rotatable bonds is 27. The normalized spacial score (nSPS) is 20.3. The molecule has 8 aromatic heterocycles. The molecule has 0 spiro atoms. The highest BCUT2D eigenvalue weighted by atomic mass is 32.1. The molecule has 11 N–H and O–H groups in total. The van der Waals surface area contributed by atoms with Gasteiger partial charge in [0, 0.05) is 140 Å². The Morgan fingerprint density at radius 1 is 0.457 bits per heavy atom. The number of hydrogen-bond donors (Lipinski definition) is 11. The molecular weight excluding hydrogens is 1850 g/mol. The quantitative estimate of drug-likeness (QED) is 0.0228. The Bertz CT molecular complexity index is 5730. The number of thiazole rings is 4. The van der Waals surface area contributed by atoms with Crippen LogP contribution < -0.4 is 42.5 Å². The number of nitrogens with zero attached hydrogens (tertiary/aromatic N) is 12. The molecule has 5 saturated heterocycles. The summed E-state index contributed by atoms with van der Waals surface area (Å²) in [6, 6.07) is 10.00. The van der Waals surface area contributed by atoms with Crippen molar-refractivity contribution in [1.82, 2.24) is 80.7 Å². The van der Waals surface area contributed by atoms with Crippen LogP contribution in [0.1, 0.15) is 321 Å². The summed E-state index contributed by atoms with van der Waals surface area (Å²) >= 11 is 4.13. The average Bonchev–Trinajstić information content (AvgIpc) is 1.60. The second-order valence-corrected chi connectivity index (χ2v) is 44.7. The lowest BCUT2D eigenvalue weighted by Crippen LogP contribution is -2.56. The van der Waals surface area contributed by atoms with Gasteiger partial charge in [-0.3, -0.25) is 38.4 Å². The maximum atomic E-state index is 13.5. The zero-order chi connectivity index (χ0) is 99.4. The minimum absolute atomic E-state index is 0.0787. The van der Waals surface area contributed by atoms with Crippen molar-refractivity contribution in [3.05, 3.63) is 114 Å². The Labute approximate surface area is 827 Å². The molecule has 17 rings (SSSR count). The van der Waals surface area contributed by atoms with Gasteiger partial charge in [0.2, 0.25) is 0 Å². The summed E-state index contributed by atoms with van der Waals surface area (Å²) in [5.74, 6) is 1.99. The van der Waals surface area contributed by atoms with Gasteiger partial charge in [0.1, 0.15) is 51.6 Å². The van der Waals surface area contributed by atoms with Gasteiger partial charge in [-0.15, -0.1) is 45.3 Å². The van der Waals surface area contributed by atoms with Gasteiger partial charge in [-0.2, -0.15) is 8.42 Å². The van der Waals surface area contributed by atoms with Gasteiger partial charge in [0.25, 0.3) is 47.3 Å². The average molecular weight is 1990 g/mol. The molecule has 39 heteroatoms. The second kappa shape index (κ2) is 46.0. The third kappa shape index (κ3) is 26.7. The molecule has 0 bridgehead atoms. The number of carbonyl (C=O) groups is 8. The number of carbonyl (C=O) groups excluding carboxylic acids is 8. The molecule has 8 amide bonds. The van der Waals surface area contributed by atoms with Gasteiger partial charge in [0.15, 0.2) is 20.0 Å². The van der Waals surface area contributed by atoms with Gasteiger partial charge >= 0.3 is 11.6 Å². The van der Waals surface area contributed by atoms with Crippen molar-refractivity contribution < 1.29 is 66.8 Å². The summed E-state index contributed by atoms with van der Waals surface area (Å²) < 4.78 is 21.6. The minimum atomic E-state index is -1.04. The number of aromatic nitrogens is 8. The number of amides is 8. The fourth-order valence-electron chi connectivity index (χ4n) is 18.7. The van der Waals surface area contributed by atoms with E-state index in [1.807, 2.05) is 106 Å². The van der Waals surface area contributed by atoms with Crippen LogP contribution in [0, 0.1) is 33.6 Å². The molecule has 5 aliphatic heterocycles. The van der Waals surface area contributed by atoms with E-state index in [1.54, 1.807) is 46.3 Å². The third-order valence-corrected chi connectivity index (χ3v) is 31.3. The highest BCUT2D eigenvalue weighted by molar-refractivity contribution is 7.51. The molecule has 4 aliphatic carbocycles. The van der Waals surface area contributed by atoms with E-state index in [9.17, 15) is 53.7 Å². The molecule has 9 aliphatic rings. The Balaban J connectivity index is 0.000000154. The van der Waals surface area contributed by atoms with Crippen LogP contribution in [0.2, 0.25) is 0 Å². The highest BCUT2D eigenvalue weighted by Gasteiger charge is 2.42. The maximum absolute atomic E-state index is 13.5. The predicted molar refractivity (Wildman–Crippen MR) is 540 cm³/mol. The van der Waals surface area contributed by atoms with E-state index in [-0.39, 0.29) is 125 Å². The monoisotopic (exact) mass is 1990 g/mol. The van der Waals surface area contributed by atoms with Crippen molar-refractivity contribution in [2.24, 2.45) is 5.92 Å². The van der Waals surface area contributed by atoms with Crippen LogP contribution in [0.4, 0.5) is 23.3 Å². The first-order valence-electron chi connectivity index (χ1n) is 48.6. The number of pyridine rings is 4. The van der Waals surface area contributed by atoms with Crippen LogP contribution in [0.3, 0.4) is 0 Å². The summed E-state index contributed by atoms with van der Waals surface area (Å²) in [6.45, 7) is 34.6. The molecule has 0 unspecified atom stereocenters. The first-order chi connectivity index (χ1) is 65.5. The number of aryl methyl sites for hydroxylation is 4. The number of hydrogen-bond acceptors (Lipinski definition) is 30. The van der Waals surface area contributed by atoms with E-state index in [4.69, 9.17) is 13.2 Å². The van der Waals surface area contributed by atoms with Gasteiger partial charge in [-0.05, 0) is 265 Å². The second-order valence-electron chi connectivity index (χ2n) is 40.6. The molecular formula is C99H136N20O14S5. The van der Waals surface area contributed by atoms with Crippen LogP contribution >= 0.6 is 45.3 Å². The lowest BCUT2D eigenvalue weighted by atomic mass is 9.78. The van der Waals surface area contributed by atoms with E-state index in [1.165, 1.54) is 90.3 Å². The van der Waals surface area contributed by atoms with Crippen LogP contribution in [0.25, 0.3) is 41.8 Å². The van der Waals surface area contributed by atoms with Gasteiger partial charge in [0.05, 0.1) is 50.5 Å². The van der Waals surface area contributed by atoms with Gasteiger partial charge in [-0.1, -0.05) is 32.6 Å². The SMILES string of the molecule is Cc1cc(NC(C)C)ncc1-c1sc(C(=O)NCC(C)(C)O)nc1C(=O)N1CCC[C@@H]1C.Cc1cc(NC2(C)CCC2)ncc1-c1sc(C(=O)NCC(C)(C)O)nc1C(=O)N1CCC[C@@H]1C.Cc1cc(NC2CCCC2)ncc1-c1sc(C(=O)NC2CC(C)C2)nc1C(=O)N1CCC[C@@H]1C.Cc1cc(NC2CCCC2)ncc1-c1sc(C(=O)NCC2(O)COC2)nc1C(=O)N1CCC[C@@H]1C.O=S=O. The number of anilines is 4. The predicted octanol–water partition coefficient (Wildman–Crippen LogP) is 14.8. The highest BCUT2D eigenvalue weighted by Crippen LogP contribution is 2.43. The summed E-state index contributed by atoms with van der Waals surface area (Å²) in [5, 5.41) is 56.2. The van der Waals surface area contributed by atoms with Crippen LogP contribution in [0.5, 0.6) is 0 Å². The first-order valence-corrected chi connectivity index (χ1v) is 52.5. The fourth-order valence-corrected chi connectivity index (χ4v) is 22.9. The summed E-state index contributed by atoms with van der Waals surface area (Å²) in [4.78, 5) is 152. The maximum Gasteiger partial charge on any atom is 0.335 e. The summed E-state index contributed by atoms with van der Waals surface area (Å²) in [5.41, 5.74) is 5.40. The van der Waals surface area contributed by atoms with Gasteiger partial charge < -0.3 is 82.2 Å². The lowest BCUT2D eigenvalue weighted by molar-refractivity contribution is -0.173. The van der Waals surface area contributed by atoms with E-state index in [0.717, 1.165) is 169 Å². The largest absolute Gasteiger partial charge is 0.389 e. The van der Waals surface area contributed by atoms with Crippen LogP contribution in [-0.2, 0) is 16.3 Å². The number of aliphatic hydroxyl groups is 3. The van der Waals surface area contributed by atoms with Crippen molar-refractivity contribution in [1.29, 1.82) is 0 Å². The topological polar surface area (TPSA) is 453 Å². The van der Waals surface area contributed by atoms with Crippen molar-refractivity contribution in [2.75, 3.05) is 80.3 Å². The Morgan fingerprint density at radius 3 is 1.05 bits per heavy atom. The molecule has 4 atom stereocenters. The number of likely N-dealkylation sites (tertiary alicyclic amines) is 4. The molecule has 34 nitrogen and oxygen atoms in total.